The fourth-order valence-electron chi connectivity index (χ4n) is 3.76. The van der Waals surface area contributed by atoms with Gasteiger partial charge in [0.2, 0.25) is 0 Å². The number of hydrogen-bond donors (Lipinski definition) is 0. The van der Waals surface area contributed by atoms with E-state index in [1.54, 1.807) is 0 Å². The second kappa shape index (κ2) is 26.9. The van der Waals surface area contributed by atoms with E-state index >= 15 is 0 Å². The average Bonchev–Trinajstić information content (AvgIpc) is 2.68. The van der Waals surface area contributed by atoms with E-state index in [0.717, 1.165) is 0 Å². The van der Waals surface area contributed by atoms with Crippen LogP contribution >= 0.6 is 16.5 Å². The number of hydrogen-bond acceptors (Lipinski definition) is 0. The predicted molar refractivity (Wildman–Crippen MR) is 135 cm³/mol. The van der Waals surface area contributed by atoms with Gasteiger partial charge in [0, 0.05) is 0 Å². The molecule has 0 aliphatic carbocycles. The second-order valence-electron chi connectivity index (χ2n) is 8.57. The minimum Gasteiger partial charge on any atom is -0.0992 e. The van der Waals surface area contributed by atoms with E-state index in [9.17, 15) is 0 Å². The Kier molecular flexibility index (Phi) is 27.7. The van der Waals surface area contributed by atoms with Crippen molar-refractivity contribution in [2.75, 3.05) is 12.3 Å². The van der Waals surface area contributed by atoms with Gasteiger partial charge in [0.25, 0.3) is 0 Å². The van der Waals surface area contributed by atoms with Gasteiger partial charge in [-0.05, 0) is 25.2 Å². The Morgan fingerprint density at radius 2 is 0.519 bits per heavy atom. The first kappa shape index (κ1) is 27.9. The molecule has 0 aliphatic rings. The van der Waals surface area contributed by atoms with E-state index in [2.05, 4.69) is 13.8 Å². The molecule has 2 atom stereocenters. The van der Waals surface area contributed by atoms with Crippen molar-refractivity contribution in [3.05, 3.63) is 0 Å². The van der Waals surface area contributed by atoms with Crippen LogP contribution in [0.1, 0.15) is 149 Å². The van der Waals surface area contributed by atoms with Gasteiger partial charge in [-0.15, -0.1) is 0 Å². The zero-order valence-electron chi connectivity index (χ0n) is 19.3. The molecular weight excluding hydrogens is 362 g/mol. The van der Waals surface area contributed by atoms with E-state index in [1.807, 2.05) is 0 Å². The van der Waals surface area contributed by atoms with Crippen molar-refractivity contribution < 1.29 is 0 Å². The molecule has 0 saturated heterocycles. The van der Waals surface area contributed by atoms with Crippen LogP contribution in [0.15, 0.2) is 0 Å². The Morgan fingerprint density at radius 1 is 0.296 bits per heavy atom. The van der Waals surface area contributed by atoms with Crippen molar-refractivity contribution >= 4 is 16.5 Å². The third-order valence-corrected chi connectivity index (χ3v) is 9.39. The SMILES string of the molecule is CCCCCCCCCCCCCPPCCCCCCCCCCCC. The summed E-state index contributed by atoms with van der Waals surface area (Å²) in [7, 11) is 2.57. The summed E-state index contributed by atoms with van der Waals surface area (Å²) in [6.07, 6.45) is 34.1. The third kappa shape index (κ3) is 26.9. The maximum absolute atomic E-state index is 2.30. The zero-order valence-corrected chi connectivity index (χ0v) is 21.3. The Morgan fingerprint density at radius 3 is 0.778 bits per heavy atom. The van der Waals surface area contributed by atoms with Crippen LogP contribution in [0.25, 0.3) is 0 Å². The van der Waals surface area contributed by atoms with Gasteiger partial charge in [0.05, 0.1) is 0 Å². The highest BCUT2D eigenvalue weighted by Gasteiger charge is 1.95. The van der Waals surface area contributed by atoms with E-state index < -0.39 is 0 Å². The summed E-state index contributed by atoms with van der Waals surface area (Å²) >= 11 is 0. The molecule has 0 rings (SSSR count). The normalized spacial score (nSPS) is 12.2. The fraction of sp³-hybridized carbons (Fsp3) is 1.00. The summed E-state index contributed by atoms with van der Waals surface area (Å²) in [5.41, 5.74) is 0. The van der Waals surface area contributed by atoms with Gasteiger partial charge in [0.15, 0.2) is 0 Å². The molecule has 2 heteroatoms. The lowest BCUT2D eigenvalue weighted by atomic mass is 10.1. The van der Waals surface area contributed by atoms with E-state index in [1.165, 1.54) is 164 Å². The summed E-state index contributed by atoms with van der Waals surface area (Å²) in [6, 6.07) is 0. The molecule has 0 spiro atoms. The van der Waals surface area contributed by atoms with Crippen molar-refractivity contribution in [1.82, 2.24) is 0 Å². The van der Waals surface area contributed by atoms with E-state index in [-0.39, 0.29) is 0 Å². The van der Waals surface area contributed by atoms with Gasteiger partial charge in [-0.3, -0.25) is 0 Å². The highest BCUT2D eigenvalue weighted by Crippen LogP contribution is 2.38. The Bertz CT molecular complexity index is 218. The first-order valence-electron chi connectivity index (χ1n) is 12.9. The number of unbranched alkanes of at least 4 members (excludes halogenated alkanes) is 19. The Hall–Kier alpha value is 0.860. The zero-order chi connectivity index (χ0) is 19.7. The monoisotopic (exact) mass is 416 g/mol. The number of rotatable bonds is 24. The molecule has 0 aliphatic heterocycles. The molecule has 0 aromatic rings. The molecule has 0 bridgehead atoms. The molecule has 0 N–H and O–H groups in total. The Labute approximate surface area is 177 Å². The summed E-state index contributed by atoms with van der Waals surface area (Å²) in [5.74, 6) is 0. The first-order valence-corrected chi connectivity index (χ1v) is 16.3. The van der Waals surface area contributed by atoms with Gasteiger partial charge in [0.1, 0.15) is 0 Å². The highest BCUT2D eigenvalue weighted by atomic mass is 32.0. The lowest BCUT2D eigenvalue weighted by Gasteiger charge is -2.04. The van der Waals surface area contributed by atoms with Gasteiger partial charge in [-0.2, -0.15) is 0 Å². The summed E-state index contributed by atoms with van der Waals surface area (Å²) < 4.78 is 0. The quantitative estimate of drug-likeness (QED) is 0.108. The minimum absolute atomic E-state index is 1.28. The van der Waals surface area contributed by atoms with Gasteiger partial charge < -0.3 is 0 Å². The standard InChI is InChI=1S/C25H54P2/c1-3-5-7-9-11-13-15-17-19-21-23-25-27-26-24-22-20-18-16-14-12-10-8-6-4-2/h26-27H,3-25H2,1-2H3. The van der Waals surface area contributed by atoms with Crippen molar-refractivity contribution in [1.29, 1.82) is 0 Å². The van der Waals surface area contributed by atoms with E-state index in [0.29, 0.717) is 0 Å². The third-order valence-electron chi connectivity index (χ3n) is 5.69. The molecule has 0 radical (unpaired) electrons. The maximum atomic E-state index is 2.30. The van der Waals surface area contributed by atoms with Crippen LogP contribution < -0.4 is 0 Å². The molecule has 0 aromatic carbocycles. The van der Waals surface area contributed by atoms with Crippen molar-refractivity contribution in [2.45, 2.75) is 149 Å². The Balaban J connectivity index is 2.95. The molecule has 27 heavy (non-hydrogen) atoms. The molecule has 0 amide bonds. The van der Waals surface area contributed by atoms with Crippen LogP contribution in [0.3, 0.4) is 0 Å². The van der Waals surface area contributed by atoms with Crippen LogP contribution in [0.4, 0.5) is 0 Å². The lowest BCUT2D eigenvalue weighted by Crippen LogP contribution is -1.83. The molecule has 0 heterocycles. The first-order chi connectivity index (χ1) is 13.4. The van der Waals surface area contributed by atoms with Crippen molar-refractivity contribution in [2.24, 2.45) is 0 Å². The summed E-state index contributed by atoms with van der Waals surface area (Å²) in [6.45, 7) is 4.61. The van der Waals surface area contributed by atoms with Crippen LogP contribution in [0.2, 0.25) is 0 Å². The highest BCUT2D eigenvalue weighted by molar-refractivity contribution is 8.11. The van der Waals surface area contributed by atoms with Crippen molar-refractivity contribution in [3.8, 4) is 0 Å². The van der Waals surface area contributed by atoms with Gasteiger partial charge in [-0.1, -0.05) is 152 Å². The maximum Gasteiger partial charge on any atom is -0.0317 e. The van der Waals surface area contributed by atoms with Gasteiger partial charge in [-0.25, -0.2) is 0 Å². The second-order valence-corrected chi connectivity index (χ2v) is 12.4. The smallest absolute Gasteiger partial charge is 0.0317 e. The lowest BCUT2D eigenvalue weighted by molar-refractivity contribution is 0.555. The summed E-state index contributed by atoms with van der Waals surface area (Å²) in [4.78, 5) is 0. The molecule has 0 saturated carbocycles. The topological polar surface area (TPSA) is 0 Å². The molecule has 0 fully saturated rings. The van der Waals surface area contributed by atoms with Crippen LogP contribution in [0.5, 0.6) is 0 Å². The van der Waals surface area contributed by atoms with Crippen LogP contribution in [0, 0.1) is 0 Å². The van der Waals surface area contributed by atoms with E-state index in [4.69, 9.17) is 0 Å². The molecule has 0 nitrogen and oxygen atoms in total. The largest absolute Gasteiger partial charge is 0.0992 e. The predicted octanol–water partition coefficient (Wildman–Crippen LogP) is 10.5. The minimum atomic E-state index is 1.28. The molecular formula is C25H54P2. The van der Waals surface area contributed by atoms with Crippen molar-refractivity contribution in [3.63, 3.8) is 0 Å². The van der Waals surface area contributed by atoms with Crippen LogP contribution in [-0.4, -0.2) is 12.3 Å². The van der Waals surface area contributed by atoms with Gasteiger partial charge >= 0.3 is 0 Å². The molecule has 164 valence electrons. The molecule has 2 unspecified atom stereocenters. The average molecular weight is 417 g/mol. The fourth-order valence-corrected chi connectivity index (χ4v) is 7.08. The van der Waals surface area contributed by atoms with Crippen LogP contribution in [-0.2, 0) is 0 Å². The molecule has 0 aromatic heterocycles. The summed E-state index contributed by atoms with van der Waals surface area (Å²) in [5, 5.41) is 0.